The molecule has 2 aromatic heterocycles. The Morgan fingerprint density at radius 1 is 1.32 bits per heavy atom. The molecule has 4 nitrogen and oxygen atoms in total. The number of hydrogen-bond donors (Lipinski definition) is 2. The van der Waals surface area contributed by atoms with Crippen LogP contribution in [0.25, 0.3) is 0 Å². The van der Waals surface area contributed by atoms with E-state index in [4.69, 9.17) is 5.73 Å². The van der Waals surface area contributed by atoms with Crippen LogP contribution in [0.2, 0.25) is 0 Å². The SMILES string of the molecule is Cc1cc(NCC(C)(C)c2cccnc2)ncc1N. The smallest absolute Gasteiger partial charge is 0.126 e. The number of anilines is 2. The Kier molecular flexibility index (Phi) is 3.69. The molecule has 19 heavy (non-hydrogen) atoms. The Morgan fingerprint density at radius 3 is 2.74 bits per heavy atom. The van der Waals surface area contributed by atoms with Gasteiger partial charge >= 0.3 is 0 Å². The number of nitrogen functional groups attached to an aromatic ring is 1. The summed E-state index contributed by atoms with van der Waals surface area (Å²) in [5.74, 6) is 0.851. The number of pyridine rings is 2. The van der Waals surface area contributed by atoms with Crippen LogP contribution in [0.4, 0.5) is 11.5 Å². The van der Waals surface area contributed by atoms with E-state index in [-0.39, 0.29) is 5.41 Å². The lowest BCUT2D eigenvalue weighted by atomic mass is 9.86. The molecule has 2 rings (SSSR count). The summed E-state index contributed by atoms with van der Waals surface area (Å²) in [6.45, 7) is 7.13. The van der Waals surface area contributed by atoms with Crippen molar-refractivity contribution in [3.63, 3.8) is 0 Å². The molecule has 2 aromatic rings. The van der Waals surface area contributed by atoms with Gasteiger partial charge in [-0.3, -0.25) is 4.98 Å². The van der Waals surface area contributed by atoms with Gasteiger partial charge in [0.05, 0.1) is 11.9 Å². The molecule has 0 saturated heterocycles. The average Bonchev–Trinajstić information content (AvgIpc) is 2.41. The van der Waals surface area contributed by atoms with E-state index in [1.54, 1.807) is 12.4 Å². The Labute approximate surface area is 114 Å². The normalized spacial score (nSPS) is 11.3. The van der Waals surface area contributed by atoms with E-state index in [9.17, 15) is 0 Å². The van der Waals surface area contributed by atoms with Crippen LogP contribution < -0.4 is 11.1 Å². The first-order chi connectivity index (χ1) is 8.99. The molecule has 0 aliphatic heterocycles. The molecule has 3 N–H and O–H groups in total. The zero-order chi connectivity index (χ0) is 13.9. The summed E-state index contributed by atoms with van der Waals surface area (Å²) >= 11 is 0. The number of nitrogens with two attached hydrogens (primary N) is 1. The molecule has 0 aliphatic rings. The van der Waals surface area contributed by atoms with Gasteiger partial charge in [-0.25, -0.2) is 4.98 Å². The minimum atomic E-state index is -0.00870. The molecular formula is C15H20N4. The van der Waals surface area contributed by atoms with Gasteiger partial charge in [0.15, 0.2) is 0 Å². The van der Waals surface area contributed by atoms with Crippen LogP contribution >= 0.6 is 0 Å². The number of aryl methyl sites for hydroxylation is 1. The highest BCUT2D eigenvalue weighted by atomic mass is 15.0. The Morgan fingerprint density at radius 2 is 2.11 bits per heavy atom. The third-order valence-electron chi connectivity index (χ3n) is 3.31. The standard InChI is InChI=1S/C15H20N4/c1-11-7-14(18-9-13(11)16)19-10-15(2,3)12-5-4-6-17-8-12/h4-9H,10,16H2,1-3H3,(H,18,19). The van der Waals surface area contributed by atoms with Crippen LogP contribution in [-0.4, -0.2) is 16.5 Å². The van der Waals surface area contributed by atoms with Crippen LogP contribution in [0.3, 0.4) is 0 Å². The maximum Gasteiger partial charge on any atom is 0.126 e. The minimum absolute atomic E-state index is 0.00870. The second kappa shape index (κ2) is 5.26. The van der Waals surface area contributed by atoms with Gasteiger partial charge in [-0.05, 0) is 30.2 Å². The predicted octanol–water partition coefficient (Wildman–Crippen LogP) is 2.76. The lowest BCUT2D eigenvalue weighted by Gasteiger charge is -2.25. The summed E-state index contributed by atoms with van der Waals surface area (Å²) in [7, 11) is 0. The Bertz CT molecular complexity index is 549. The van der Waals surface area contributed by atoms with Gasteiger partial charge in [0.1, 0.15) is 5.82 Å². The van der Waals surface area contributed by atoms with Gasteiger partial charge in [0.2, 0.25) is 0 Å². The summed E-state index contributed by atoms with van der Waals surface area (Å²) < 4.78 is 0. The van der Waals surface area contributed by atoms with Crippen molar-refractivity contribution in [3.05, 3.63) is 47.9 Å². The number of rotatable bonds is 4. The van der Waals surface area contributed by atoms with Gasteiger partial charge in [0, 0.05) is 24.4 Å². The predicted molar refractivity (Wildman–Crippen MR) is 79.1 cm³/mol. The van der Waals surface area contributed by atoms with Crippen molar-refractivity contribution in [2.45, 2.75) is 26.2 Å². The van der Waals surface area contributed by atoms with E-state index in [1.807, 2.05) is 25.3 Å². The zero-order valence-electron chi connectivity index (χ0n) is 11.6. The number of hydrogen-bond acceptors (Lipinski definition) is 4. The van der Waals surface area contributed by atoms with Gasteiger partial charge in [-0.2, -0.15) is 0 Å². The van der Waals surface area contributed by atoms with Crippen molar-refractivity contribution in [1.29, 1.82) is 0 Å². The Balaban J connectivity index is 2.07. The molecule has 0 radical (unpaired) electrons. The molecule has 0 fully saturated rings. The van der Waals surface area contributed by atoms with Gasteiger partial charge in [-0.1, -0.05) is 19.9 Å². The molecule has 2 heterocycles. The number of nitrogens with one attached hydrogen (secondary N) is 1. The van der Waals surface area contributed by atoms with Crippen molar-refractivity contribution in [3.8, 4) is 0 Å². The third-order valence-corrected chi connectivity index (χ3v) is 3.31. The van der Waals surface area contributed by atoms with E-state index < -0.39 is 0 Å². The van der Waals surface area contributed by atoms with Crippen molar-refractivity contribution < 1.29 is 0 Å². The van der Waals surface area contributed by atoms with Crippen LogP contribution in [-0.2, 0) is 5.41 Å². The molecule has 0 bridgehead atoms. The zero-order valence-corrected chi connectivity index (χ0v) is 11.6. The first kappa shape index (κ1) is 13.3. The number of aromatic nitrogens is 2. The second-order valence-electron chi connectivity index (χ2n) is 5.41. The summed E-state index contributed by atoms with van der Waals surface area (Å²) in [4.78, 5) is 8.46. The fraction of sp³-hybridized carbons (Fsp3) is 0.333. The highest BCUT2D eigenvalue weighted by molar-refractivity contribution is 5.51. The fourth-order valence-electron chi connectivity index (χ4n) is 1.84. The first-order valence-electron chi connectivity index (χ1n) is 6.35. The van der Waals surface area contributed by atoms with Crippen molar-refractivity contribution in [1.82, 2.24) is 9.97 Å². The van der Waals surface area contributed by atoms with E-state index in [1.165, 1.54) is 5.56 Å². The lowest BCUT2D eigenvalue weighted by Crippen LogP contribution is -2.28. The molecule has 4 heteroatoms. The van der Waals surface area contributed by atoms with Gasteiger partial charge < -0.3 is 11.1 Å². The summed E-state index contributed by atoms with van der Waals surface area (Å²) in [6, 6.07) is 6.02. The third kappa shape index (κ3) is 3.22. The van der Waals surface area contributed by atoms with Crippen molar-refractivity contribution in [2.75, 3.05) is 17.6 Å². The highest BCUT2D eigenvalue weighted by Gasteiger charge is 2.20. The van der Waals surface area contributed by atoms with Gasteiger partial charge in [-0.15, -0.1) is 0 Å². The van der Waals surface area contributed by atoms with E-state index in [0.29, 0.717) is 0 Å². The monoisotopic (exact) mass is 256 g/mol. The highest BCUT2D eigenvalue weighted by Crippen LogP contribution is 2.23. The van der Waals surface area contributed by atoms with Crippen LogP contribution in [0.1, 0.15) is 25.0 Å². The molecule has 0 spiro atoms. The first-order valence-corrected chi connectivity index (χ1v) is 6.35. The van der Waals surface area contributed by atoms with E-state index in [2.05, 4.69) is 35.2 Å². The van der Waals surface area contributed by atoms with E-state index >= 15 is 0 Å². The topological polar surface area (TPSA) is 63.8 Å². The second-order valence-corrected chi connectivity index (χ2v) is 5.41. The van der Waals surface area contributed by atoms with Crippen LogP contribution in [0.5, 0.6) is 0 Å². The lowest BCUT2D eigenvalue weighted by molar-refractivity contribution is 0.554. The fourth-order valence-corrected chi connectivity index (χ4v) is 1.84. The largest absolute Gasteiger partial charge is 0.397 e. The quantitative estimate of drug-likeness (QED) is 0.883. The summed E-state index contributed by atoms with van der Waals surface area (Å²) in [5, 5.41) is 3.36. The summed E-state index contributed by atoms with van der Waals surface area (Å²) in [5.41, 5.74) is 8.72. The van der Waals surface area contributed by atoms with Crippen molar-refractivity contribution >= 4 is 11.5 Å². The molecule has 0 aliphatic carbocycles. The molecule has 0 atom stereocenters. The molecule has 0 aromatic carbocycles. The van der Waals surface area contributed by atoms with Gasteiger partial charge in [0.25, 0.3) is 0 Å². The minimum Gasteiger partial charge on any atom is -0.397 e. The van der Waals surface area contributed by atoms with Crippen molar-refractivity contribution in [2.24, 2.45) is 0 Å². The summed E-state index contributed by atoms with van der Waals surface area (Å²) in [6.07, 6.45) is 5.38. The number of nitrogens with zero attached hydrogens (tertiary/aromatic N) is 2. The Hall–Kier alpha value is -2.10. The van der Waals surface area contributed by atoms with Crippen LogP contribution in [0, 0.1) is 6.92 Å². The molecule has 0 saturated carbocycles. The molecular weight excluding hydrogens is 236 g/mol. The molecule has 0 amide bonds. The maximum absolute atomic E-state index is 5.76. The van der Waals surface area contributed by atoms with Crippen LogP contribution in [0.15, 0.2) is 36.8 Å². The maximum atomic E-state index is 5.76. The van der Waals surface area contributed by atoms with E-state index in [0.717, 1.165) is 23.6 Å². The molecule has 0 unspecified atom stereocenters. The average molecular weight is 256 g/mol. The molecule has 100 valence electrons.